The molecule has 0 aliphatic carbocycles. The Morgan fingerprint density at radius 2 is 1.68 bits per heavy atom. The summed E-state index contributed by atoms with van der Waals surface area (Å²) in [6, 6.07) is 7.34. The van der Waals surface area contributed by atoms with E-state index in [0.717, 1.165) is 5.69 Å². The molecule has 0 aromatic heterocycles. The maximum Gasteiger partial charge on any atom is 0.253 e. The van der Waals surface area contributed by atoms with Crippen molar-refractivity contribution in [3.05, 3.63) is 29.8 Å². The van der Waals surface area contributed by atoms with Crippen LogP contribution < -0.4 is 5.32 Å². The van der Waals surface area contributed by atoms with Gasteiger partial charge in [-0.05, 0) is 31.2 Å². The number of rotatable bonds is 6. The summed E-state index contributed by atoms with van der Waals surface area (Å²) < 4.78 is 10.4. The molecule has 1 amide bonds. The molecular weight excluding hydrogens is 244 g/mol. The van der Waals surface area contributed by atoms with Crippen molar-refractivity contribution in [2.24, 2.45) is 0 Å². The fourth-order valence-electron chi connectivity index (χ4n) is 1.80. The molecular formula is C14H22N2O3. The molecule has 1 unspecified atom stereocenters. The van der Waals surface area contributed by atoms with Crippen LogP contribution in [0, 0.1) is 0 Å². The second-order valence-corrected chi connectivity index (χ2v) is 4.55. The molecule has 0 bridgehead atoms. The van der Waals surface area contributed by atoms with Crippen LogP contribution in [0.1, 0.15) is 17.3 Å². The van der Waals surface area contributed by atoms with Gasteiger partial charge >= 0.3 is 0 Å². The Hall–Kier alpha value is -1.59. The van der Waals surface area contributed by atoms with Gasteiger partial charge in [-0.3, -0.25) is 4.79 Å². The van der Waals surface area contributed by atoms with Gasteiger partial charge in [0.15, 0.2) is 6.29 Å². The summed E-state index contributed by atoms with van der Waals surface area (Å²) in [5, 5.41) is 3.26. The van der Waals surface area contributed by atoms with Crippen molar-refractivity contribution >= 4 is 11.6 Å². The lowest BCUT2D eigenvalue weighted by Gasteiger charge is -2.23. The zero-order valence-corrected chi connectivity index (χ0v) is 12.1. The first kappa shape index (κ1) is 15.5. The molecule has 1 aromatic rings. The summed E-state index contributed by atoms with van der Waals surface area (Å²) in [7, 11) is 6.67. The van der Waals surface area contributed by atoms with Crippen LogP contribution in [0.15, 0.2) is 24.3 Å². The first-order chi connectivity index (χ1) is 8.99. The third kappa shape index (κ3) is 4.22. The normalized spacial score (nSPS) is 12.3. The Morgan fingerprint density at radius 1 is 1.16 bits per heavy atom. The van der Waals surface area contributed by atoms with E-state index in [9.17, 15) is 4.79 Å². The van der Waals surface area contributed by atoms with Crippen LogP contribution >= 0.6 is 0 Å². The van der Waals surface area contributed by atoms with Crippen LogP contribution in [0.4, 0.5) is 5.69 Å². The number of anilines is 1. The van der Waals surface area contributed by atoms with Crippen molar-refractivity contribution < 1.29 is 14.3 Å². The number of nitrogens with zero attached hydrogens (tertiary/aromatic N) is 1. The van der Waals surface area contributed by atoms with Gasteiger partial charge in [-0.15, -0.1) is 0 Å². The second-order valence-electron chi connectivity index (χ2n) is 4.55. The van der Waals surface area contributed by atoms with Crippen LogP contribution in [-0.2, 0) is 9.47 Å². The SMILES string of the molecule is COC(OC)C(C)Nc1ccc(C(=O)N(C)C)cc1. The van der Waals surface area contributed by atoms with Crippen molar-refractivity contribution in [3.8, 4) is 0 Å². The van der Waals surface area contributed by atoms with Gasteiger partial charge in [-0.25, -0.2) is 0 Å². The number of amides is 1. The topological polar surface area (TPSA) is 50.8 Å². The molecule has 1 N–H and O–H groups in total. The fraction of sp³-hybridized carbons (Fsp3) is 0.500. The minimum Gasteiger partial charge on any atom is -0.377 e. The van der Waals surface area contributed by atoms with Gasteiger partial charge in [0.25, 0.3) is 5.91 Å². The van der Waals surface area contributed by atoms with Crippen LogP contribution in [0.25, 0.3) is 0 Å². The average Bonchev–Trinajstić information content (AvgIpc) is 2.40. The lowest BCUT2D eigenvalue weighted by atomic mass is 10.1. The van der Waals surface area contributed by atoms with E-state index in [1.807, 2.05) is 19.1 Å². The van der Waals surface area contributed by atoms with Crippen molar-refractivity contribution in [3.63, 3.8) is 0 Å². The Labute approximate surface area is 114 Å². The minimum atomic E-state index is -0.317. The molecule has 1 atom stereocenters. The minimum absolute atomic E-state index is 0.00500. The van der Waals surface area contributed by atoms with E-state index in [1.54, 1.807) is 45.3 Å². The van der Waals surface area contributed by atoms with Crippen LogP contribution in [0.2, 0.25) is 0 Å². The zero-order valence-electron chi connectivity index (χ0n) is 12.1. The number of methoxy groups -OCH3 is 2. The molecule has 0 heterocycles. The lowest BCUT2D eigenvalue weighted by molar-refractivity contribution is -0.109. The molecule has 1 aromatic carbocycles. The summed E-state index contributed by atoms with van der Waals surface area (Å²) in [5.41, 5.74) is 1.58. The predicted molar refractivity (Wildman–Crippen MR) is 75.4 cm³/mol. The first-order valence-corrected chi connectivity index (χ1v) is 6.13. The van der Waals surface area contributed by atoms with Gasteiger partial charge in [-0.2, -0.15) is 0 Å². The molecule has 0 saturated heterocycles. The van der Waals surface area contributed by atoms with Crippen LogP contribution in [0.5, 0.6) is 0 Å². The average molecular weight is 266 g/mol. The quantitative estimate of drug-likeness (QED) is 0.798. The van der Waals surface area contributed by atoms with Crippen molar-refractivity contribution in [2.45, 2.75) is 19.3 Å². The largest absolute Gasteiger partial charge is 0.377 e. The van der Waals surface area contributed by atoms with Crippen molar-refractivity contribution in [1.29, 1.82) is 0 Å². The standard InChI is InChI=1S/C14H22N2O3/c1-10(14(18-4)19-5)15-12-8-6-11(7-9-12)13(17)16(2)3/h6-10,14-15H,1-5H3. The van der Waals surface area contributed by atoms with Crippen LogP contribution in [-0.4, -0.2) is 51.5 Å². The third-order valence-corrected chi connectivity index (χ3v) is 2.81. The molecule has 0 radical (unpaired) electrons. The van der Waals surface area contributed by atoms with E-state index in [-0.39, 0.29) is 18.2 Å². The highest BCUT2D eigenvalue weighted by Crippen LogP contribution is 2.13. The van der Waals surface area contributed by atoms with E-state index in [2.05, 4.69) is 5.32 Å². The fourth-order valence-corrected chi connectivity index (χ4v) is 1.80. The molecule has 0 aliphatic heterocycles. The molecule has 0 saturated carbocycles. The molecule has 5 nitrogen and oxygen atoms in total. The van der Waals surface area contributed by atoms with E-state index in [1.165, 1.54) is 0 Å². The summed E-state index contributed by atoms with van der Waals surface area (Å²) in [4.78, 5) is 13.3. The smallest absolute Gasteiger partial charge is 0.253 e. The number of hydrogen-bond donors (Lipinski definition) is 1. The molecule has 106 valence electrons. The van der Waals surface area contributed by atoms with E-state index in [4.69, 9.17) is 9.47 Å². The second kappa shape index (κ2) is 7.11. The molecule has 19 heavy (non-hydrogen) atoms. The van der Waals surface area contributed by atoms with E-state index < -0.39 is 0 Å². The highest BCUT2D eigenvalue weighted by Gasteiger charge is 2.15. The summed E-state index contributed by atoms with van der Waals surface area (Å²) in [5.74, 6) is -0.00809. The highest BCUT2D eigenvalue weighted by atomic mass is 16.7. The number of hydrogen-bond acceptors (Lipinski definition) is 4. The maximum absolute atomic E-state index is 11.7. The molecule has 5 heteroatoms. The Balaban J connectivity index is 2.69. The lowest BCUT2D eigenvalue weighted by Crippen LogP contribution is -2.33. The third-order valence-electron chi connectivity index (χ3n) is 2.81. The molecule has 0 fully saturated rings. The summed E-state index contributed by atoms with van der Waals surface area (Å²) in [6.45, 7) is 1.97. The number of nitrogens with one attached hydrogen (secondary N) is 1. The van der Waals surface area contributed by atoms with Gasteiger partial charge in [0.1, 0.15) is 0 Å². The van der Waals surface area contributed by atoms with Gasteiger partial charge in [0.05, 0.1) is 6.04 Å². The molecule has 0 spiro atoms. The van der Waals surface area contributed by atoms with E-state index >= 15 is 0 Å². The van der Waals surface area contributed by atoms with Gasteiger partial charge in [0, 0.05) is 39.6 Å². The zero-order chi connectivity index (χ0) is 14.4. The maximum atomic E-state index is 11.7. The van der Waals surface area contributed by atoms with Crippen LogP contribution in [0.3, 0.4) is 0 Å². The summed E-state index contributed by atoms with van der Waals surface area (Å²) in [6.07, 6.45) is -0.317. The van der Waals surface area contributed by atoms with E-state index in [0.29, 0.717) is 5.56 Å². The Bertz CT molecular complexity index is 400. The monoisotopic (exact) mass is 266 g/mol. The Morgan fingerprint density at radius 3 is 2.11 bits per heavy atom. The highest BCUT2D eigenvalue weighted by molar-refractivity contribution is 5.94. The van der Waals surface area contributed by atoms with Gasteiger partial charge < -0.3 is 19.7 Å². The number of ether oxygens (including phenoxy) is 2. The Kier molecular flexibility index (Phi) is 5.79. The summed E-state index contributed by atoms with van der Waals surface area (Å²) >= 11 is 0. The molecule has 1 rings (SSSR count). The predicted octanol–water partition coefficient (Wildman–Crippen LogP) is 1.81. The molecule has 0 aliphatic rings. The van der Waals surface area contributed by atoms with Gasteiger partial charge in [0.2, 0.25) is 0 Å². The van der Waals surface area contributed by atoms with Crippen molar-refractivity contribution in [1.82, 2.24) is 4.90 Å². The number of carbonyl (C=O) groups excluding carboxylic acids is 1. The first-order valence-electron chi connectivity index (χ1n) is 6.13. The number of benzene rings is 1. The van der Waals surface area contributed by atoms with Gasteiger partial charge in [-0.1, -0.05) is 0 Å². The number of carbonyl (C=O) groups is 1. The van der Waals surface area contributed by atoms with Crippen molar-refractivity contribution in [2.75, 3.05) is 33.6 Å².